The third-order valence-electron chi connectivity index (χ3n) is 6.26. The van der Waals surface area contributed by atoms with E-state index in [1.165, 1.54) is 11.3 Å². The highest BCUT2D eigenvalue weighted by Crippen LogP contribution is 2.37. The van der Waals surface area contributed by atoms with Gasteiger partial charge in [-0.2, -0.15) is 0 Å². The number of aromatic nitrogens is 1. The number of amides is 1. The van der Waals surface area contributed by atoms with E-state index in [9.17, 15) is 9.59 Å². The average Bonchev–Trinajstić information content (AvgIpc) is 3.41. The van der Waals surface area contributed by atoms with Crippen molar-refractivity contribution >= 4 is 49.8 Å². The number of benzene rings is 2. The van der Waals surface area contributed by atoms with Gasteiger partial charge < -0.3 is 9.88 Å². The van der Waals surface area contributed by atoms with Crippen LogP contribution in [0, 0.1) is 6.92 Å². The largest absolute Gasteiger partial charge is 0.330 e. The first-order chi connectivity index (χ1) is 15.0. The van der Waals surface area contributed by atoms with E-state index in [1.807, 2.05) is 60.4 Å². The van der Waals surface area contributed by atoms with Crippen molar-refractivity contribution in [2.75, 3.05) is 0 Å². The molecule has 1 aliphatic carbocycles. The van der Waals surface area contributed by atoms with Crippen LogP contribution in [0.5, 0.6) is 0 Å². The fourth-order valence-electron chi connectivity index (χ4n) is 4.59. The van der Waals surface area contributed by atoms with Crippen LogP contribution in [0.25, 0.3) is 21.0 Å². The van der Waals surface area contributed by atoms with Gasteiger partial charge in [-0.1, -0.05) is 60.8 Å². The highest BCUT2D eigenvalue weighted by atomic mass is 35.5. The summed E-state index contributed by atoms with van der Waals surface area (Å²) in [5.74, 6) is -0.0816. The summed E-state index contributed by atoms with van der Waals surface area (Å²) >= 11 is 8.06. The van der Waals surface area contributed by atoms with Crippen LogP contribution in [-0.4, -0.2) is 21.8 Å². The number of hydrogen-bond donors (Lipinski definition) is 1. The normalized spacial score (nSPS) is 14.5. The summed E-state index contributed by atoms with van der Waals surface area (Å²) in [6.07, 6.45) is 4.11. The first-order valence-electron chi connectivity index (χ1n) is 10.6. The molecule has 4 nitrogen and oxygen atoms in total. The van der Waals surface area contributed by atoms with Crippen LogP contribution in [-0.2, 0) is 6.54 Å². The molecule has 0 bridgehead atoms. The number of aromatic amines is 1. The number of nitrogens with zero attached hydrogens (tertiary/aromatic N) is 1. The molecule has 158 valence electrons. The molecule has 6 heteroatoms. The van der Waals surface area contributed by atoms with Crippen molar-refractivity contribution < 1.29 is 4.79 Å². The van der Waals surface area contributed by atoms with E-state index in [4.69, 9.17) is 11.6 Å². The number of hydrogen-bond acceptors (Lipinski definition) is 3. The van der Waals surface area contributed by atoms with E-state index >= 15 is 0 Å². The van der Waals surface area contributed by atoms with E-state index in [0.29, 0.717) is 15.5 Å². The van der Waals surface area contributed by atoms with Crippen LogP contribution >= 0.6 is 22.9 Å². The Hall–Kier alpha value is -2.63. The molecule has 0 unspecified atom stereocenters. The monoisotopic (exact) mass is 450 g/mol. The lowest BCUT2D eigenvalue weighted by Crippen LogP contribution is -2.39. The van der Waals surface area contributed by atoms with E-state index in [1.54, 1.807) is 0 Å². The summed E-state index contributed by atoms with van der Waals surface area (Å²) in [4.78, 5) is 32.0. The van der Waals surface area contributed by atoms with Gasteiger partial charge in [0.05, 0.1) is 17.1 Å². The molecule has 0 radical (unpaired) electrons. The number of carbonyl (C=O) groups is 1. The Bertz CT molecular complexity index is 1350. The number of H-pyrrole nitrogens is 1. The summed E-state index contributed by atoms with van der Waals surface area (Å²) in [5.41, 5.74) is 2.35. The Morgan fingerprint density at radius 1 is 1.16 bits per heavy atom. The van der Waals surface area contributed by atoms with Gasteiger partial charge in [0, 0.05) is 21.7 Å². The fraction of sp³-hybridized carbons (Fsp3) is 0.280. The lowest BCUT2D eigenvalue weighted by Gasteiger charge is -2.28. The maximum absolute atomic E-state index is 13.7. The van der Waals surface area contributed by atoms with Crippen LogP contribution in [0.1, 0.15) is 46.5 Å². The van der Waals surface area contributed by atoms with Crippen molar-refractivity contribution in [3.05, 3.63) is 79.9 Å². The molecule has 1 fully saturated rings. The molecule has 2 aromatic carbocycles. The number of fused-ring (bicyclic) bond motifs is 2. The number of thiophene rings is 1. The van der Waals surface area contributed by atoms with E-state index in [2.05, 4.69) is 4.98 Å². The van der Waals surface area contributed by atoms with Gasteiger partial charge in [0.25, 0.3) is 11.5 Å². The summed E-state index contributed by atoms with van der Waals surface area (Å²) in [7, 11) is 0. The molecule has 1 aliphatic rings. The molecule has 4 aromatic rings. The summed E-state index contributed by atoms with van der Waals surface area (Å²) in [5, 5.41) is 2.40. The number of halogens is 1. The van der Waals surface area contributed by atoms with Crippen LogP contribution in [0.4, 0.5) is 0 Å². The van der Waals surface area contributed by atoms with Crippen molar-refractivity contribution in [1.29, 1.82) is 0 Å². The molecule has 2 heterocycles. The second-order valence-corrected chi connectivity index (χ2v) is 9.71. The molecule has 5 rings (SSSR count). The maximum atomic E-state index is 13.7. The van der Waals surface area contributed by atoms with Crippen molar-refractivity contribution in [1.82, 2.24) is 9.88 Å². The van der Waals surface area contributed by atoms with Crippen molar-refractivity contribution in [2.45, 2.75) is 45.2 Å². The van der Waals surface area contributed by atoms with Gasteiger partial charge >= 0.3 is 0 Å². The smallest absolute Gasteiger partial charge is 0.266 e. The van der Waals surface area contributed by atoms with Gasteiger partial charge in [0.1, 0.15) is 4.88 Å². The number of nitrogens with one attached hydrogen (secondary N) is 1. The molecule has 31 heavy (non-hydrogen) atoms. The molecule has 0 aliphatic heterocycles. The number of aryl methyl sites for hydroxylation is 1. The molecule has 1 amide bonds. The Morgan fingerprint density at radius 3 is 2.71 bits per heavy atom. The maximum Gasteiger partial charge on any atom is 0.266 e. The van der Waals surface area contributed by atoms with Crippen LogP contribution in [0.15, 0.2) is 53.3 Å². The van der Waals surface area contributed by atoms with Crippen molar-refractivity contribution in [2.24, 2.45) is 0 Å². The second kappa shape index (κ2) is 8.13. The number of rotatable bonds is 4. The summed E-state index contributed by atoms with van der Waals surface area (Å²) in [6, 6.07) is 15.8. The van der Waals surface area contributed by atoms with E-state index < -0.39 is 0 Å². The lowest BCUT2D eigenvalue weighted by molar-refractivity contribution is 0.0669. The Labute approximate surface area is 189 Å². The van der Waals surface area contributed by atoms with Gasteiger partial charge in [-0.05, 0) is 42.8 Å². The quantitative estimate of drug-likeness (QED) is 0.397. The van der Waals surface area contributed by atoms with Gasteiger partial charge in [-0.3, -0.25) is 9.59 Å². The molecule has 2 aromatic heterocycles. The molecular weight excluding hydrogens is 428 g/mol. The number of para-hydroxylation sites is 1. The molecule has 1 saturated carbocycles. The topological polar surface area (TPSA) is 53.2 Å². The van der Waals surface area contributed by atoms with Gasteiger partial charge in [0.15, 0.2) is 0 Å². The number of carbonyl (C=O) groups excluding carboxylic acids is 1. The highest BCUT2D eigenvalue weighted by Gasteiger charge is 2.31. The Balaban J connectivity index is 1.56. The summed E-state index contributed by atoms with van der Waals surface area (Å²) < 4.78 is 1.00. The van der Waals surface area contributed by atoms with E-state index in [0.717, 1.165) is 52.2 Å². The molecular formula is C25H23ClN2O2S. The third-order valence-corrected chi connectivity index (χ3v) is 7.92. The van der Waals surface area contributed by atoms with Crippen LogP contribution in [0.3, 0.4) is 0 Å². The highest BCUT2D eigenvalue weighted by molar-refractivity contribution is 7.21. The summed E-state index contributed by atoms with van der Waals surface area (Å²) in [6.45, 7) is 2.27. The van der Waals surface area contributed by atoms with Gasteiger partial charge in [-0.15, -0.1) is 11.3 Å². The van der Waals surface area contributed by atoms with Crippen molar-refractivity contribution in [3.63, 3.8) is 0 Å². The Kier molecular flexibility index (Phi) is 5.32. The van der Waals surface area contributed by atoms with Crippen LogP contribution in [0.2, 0.25) is 5.02 Å². The molecule has 0 saturated heterocycles. The zero-order valence-corrected chi connectivity index (χ0v) is 18.9. The second-order valence-electron chi connectivity index (χ2n) is 8.28. The van der Waals surface area contributed by atoms with E-state index in [-0.39, 0.29) is 24.1 Å². The fourth-order valence-corrected chi connectivity index (χ4v) is 6.06. The lowest BCUT2D eigenvalue weighted by atomic mass is 10.1. The number of pyridine rings is 1. The third kappa shape index (κ3) is 3.66. The Morgan fingerprint density at radius 2 is 1.94 bits per heavy atom. The first-order valence-corrected chi connectivity index (χ1v) is 11.8. The molecule has 0 spiro atoms. The van der Waals surface area contributed by atoms with Gasteiger partial charge in [-0.25, -0.2) is 0 Å². The zero-order valence-electron chi connectivity index (χ0n) is 17.3. The predicted octanol–water partition coefficient (Wildman–Crippen LogP) is 6.29. The van der Waals surface area contributed by atoms with Gasteiger partial charge in [0.2, 0.25) is 0 Å². The minimum atomic E-state index is -0.139. The standard InChI is InChI=1S/C25H23ClN2O2S/c1-15-7-6-8-16-13-17(24(29)27-22(15)16)14-28(18-9-2-3-10-18)25(30)23-21(26)19-11-4-5-12-20(19)31-23/h4-8,11-13,18H,2-3,9-10,14H2,1H3,(H,27,29). The zero-order chi connectivity index (χ0) is 21.5. The minimum absolute atomic E-state index is 0.0816. The predicted molar refractivity (Wildman–Crippen MR) is 128 cm³/mol. The molecule has 1 N–H and O–H groups in total. The average molecular weight is 451 g/mol. The van der Waals surface area contributed by atoms with Crippen molar-refractivity contribution in [3.8, 4) is 0 Å². The molecule has 0 atom stereocenters. The van der Waals surface area contributed by atoms with Crippen LogP contribution < -0.4 is 5.56 Å². The first kappa shape index (κ1) is 20.3. The SMILES string of the molecule is Cc1cccc2cc(CN(C(=O)c3sc4ccccc4c3Cl)C3CCCC3)c(=O)[nH]c12. The minimum Gasteiger partial charge on any atom is -0.330 e.